The summed E-state index contributed by atoms with van der Waals surface area (Å²) in [6.07, 6.45) is 0. The standard InChI is InChI=1S/C22H25N3O2S/c1-12-10-14(3)16(11-13(12)2)20-19(15(4)23-22(28)25-20)21(26)24-17-8-6-7-9-18(17)27-5/h6-11,20H,1-5H3,(H,24,26)(H2,23,25,28)/t20-/m1/s1. The molecule has 28 heavy (non-hydrogen) atoms. The topological polar surface area (TPSA) is 62.4 Å². The Morgan fingerprint density at radius 2 is 1.75 bits per heavy atom. The van der Waals surface area contributed by atoms with Gasteiger partial charge < -0.3 is 20.7 Å². The number of nitrogens with one attached hydrogen (secondary N) is 3. The number of benzene rings is 2. The van der Waals surface area contributed by atoms with E-state index in [1.54, 1.807) is 7.11 Å². The second-order valence-corrected chi connectivity index (χ2v) is 7.43. The van der Waals surface area contributed by atoms with Gasteiger partial charge in [-0.3, -0.25) is 4.79 Å². The Bertz CT molecular complexity index is 982. The molecule has 1 atom stereocenters. The molecular formula is C22H25N3O2S. The van der Waals surface area contributed by atoms with E-state index in [0.717, 1.165) is 16.8 Å². The minimum Gasteiger partial charge on any atom is -0.495 e. The van der Waals surface area contributed by atoms with E-state index in [4.69, 9.17) is 17.0 Å². The highest BCUT2D eigenvalue weighted by Crippen LogP contribution is 2.32. The van der Waals surface area contributed by atoms with Gasteiger partial charge in [-0.2, -0.15) is 0 Å². The zero-order valence-corrected chi connectivity index (χ0v) is 17.6. The Hall–Kier alpha value is -2.86. The average molecular weight is 396 g/mol. The van der Waals surface area contributed by atoms with Crippen molar-refractivity contribution >= 4 is 28.9 Å². The summed E-state index contributed by atoms with van der Waals surface area (Å²) in [5.74, 6) is 0.410. The van der Waals surface area contributed by atoms with Gasteiger partial charge >= 0.3 is 0 Å². The Balaban J connectivity index is 2.03. The Kier molecular flexibility index (Phi) is 5.70. The number of para-hydroxylation sites is 2. The van der Waals surface area contributed by atoms with Crippen molar-refractivity contribution in [2.45, 2.75) is 33.7 Å². The Morgan fingerprint density at radius 1 is 1.07 bits per heavy atom. The van der Waals surface area contributed by atoms with E-state index in [-0.39, 0.29) is 11.9 Å². The first-order valence-corrected chi connectivity index (χ1v) is 9.53. The van der Waals surface area contributed by atoms with Crippen LogP contribution < -0.4 is 20.7 Å². The summed E-state index contributed by atoms with van der Waals surface area (Å²) in [4.78, 5) is 13.3. The number of amides is 1. The van der Waals surface area contributed by atoms with Gasteiger partial charge in [0, 0.05) is 5.70 Å². The maximum Gasteiger partial charge on any atom is 0.255 e. The highest BCUT2D eigenvalue weighted by atomic mass is 32.1. The summed E-state index contributed by atoms with van der Waals surface area (Å²) in [7, 11) is 1.58. The molecule has 1 aliphatic heterocycles. The molecule has 0 saturated carbocycles. The number of aryl methyl sites for hydroxylation is 3. The molecule has 146 valence electrons. The van der Waals surface area contributed by atoms with Crippen molar-refractivity contribution in [1.82, 2.24) is 10.6 Å². The fourth-order valence-corrected chi connectivity index (χ4v) is 3.73. The molecule has 0 aliphatic carbocycles. The van der Waals surface area contributed by atoms with Crippen LogP contribution in [0.2, 0.25) is 0 Å². The van der Waals surface area contributed by atoms with Crippen molar-refractivity contribution in [2.24, 2.45) is 0 Å². The molecule has 2 aromatic rings. The van der Waals surface area contributed by atoms with Crippen LogP contribution in [0.3, 0.4) is 0 Å². The quantitative estimate of drug-likeness (QED) is 0.682. The van der Waals surface area contributed by atoms with E-state index in [1.165, 1.54) is 11.1 Å². The first kappa shape index (κ1) is 19.9. The second kappa shape index (κ2) is 8.02. The van der Waals surface area contributed by atoms with Gasteiger partial charge in [-0.05, 0) is 74.3 Å². The van der Waals surface area contributed by atoms with E-state index >= 15 is 0 Å². The van der Waals surface area contributed by atoms with Gasteiger partial charge in [0.05, 0.1) is 24.4 Å². The summed E-state index contributed by atoms with van der Waals surface area (Å²) in [5, 5.41) is 9.83. The van der Waals surface area contributed by atoms with Gasteiger partial charge in [-0.15, -0.1) is 0 Å². The van der Waals surface area contributed by atoms with Crippen LogP contribution in [0.15, 0.2) is 47.7 Å². The monoisotopic (exact) mass is 395 g/mol. The third kappa shape index (κ3) is 3.87. The summed E-state index contributed by atoms with van der Waals surface area (Å²) < 4.78 is 5.35. The molecule has 0 spiro atoms. The smallest absolute Gasteiger partial charge is 0.255 e. The summed E-state index contributed by atoms with van der Waals surface area (Å²) in [5.41, 5.74) is 6.51. The Morgan fingerprint density at radius 3 is 2.46 bits per heavy atom. The van der Waals surface area contributed by atoms with Gasteiger partial charge in [0.15, 0.2) is 5.11 Å². The fourth-order valence-electron chi connectivity index (χ4n) is 3.46. The number of thiocarbonyl (C=S) groups is 1. The maximum atomic E-state index is 13.3. The molecule has 0 fully saturated rings. The van der Waals surface area contributed by atoms with Crippen LogP contribution in [-0.2, 0) is 4.79 Å². The number of carbonyl (C=O) groups is 1. The Labute approximate surface area is 171 Å². The van der Waals surface area contributed by atoms with E-state index in [9.17, 15) is 4.79 Å². The van der Waals surface area contributed by atoms with Crippen LogP contribution >= 0.6 is 12.2 Å². The largest absolute Gasteiger partial charge is 0.495 e. The zero-order valence-electron chi connectivity index (χ0n) is 16.8. The van der Waals surface area contributed by atoms with Crippen LogP contribution in [0.4, 0.5) is 5.69 Å². The summed E-state index contributed by atoms with van der Waals surface area (Å²) >= 11 is 5.36. The number of hydrogen-bond acceptors (Lipinski definition) is 3. The van der Waals surface area contributed by atoms with Crippen LogP contribution in [0.25, 0.3) is 0 Å². The molecule has 0 radical (unpaired) electrons. The van der Waals surface area contributed by atoms with E-state index in [0.29, 0.717) is 22.1 Å². The molecule has 2 aromatic carbocycles. The second-order valence-electron chi connectivity index (χ2n) is 7.02. The lowest BCUT2D eigenvalue weighted by Gasteiger charge is -2.31. The molecule has 0 aromatic heterocycles. The van der Waals surface area contributed by atoms with Gasteiger partial charge in [0.25, 0.3) is 5.91 Å². The number of methoxy groups -OCH3 is 1. The highest BCUT2D eigenvalue weighted by Gasteiger charge is 2.31. The van der Waals surface area contributed by atoms with E-state index in [1.807, 2.05) is 31.2 Å². The maximum absolute atomic E-state index is 13.3. The number of rotatable bonds is 4. The molecule has 3 rings (SSSR count). The number of carbonyl (C=O) groups excluding carboxylic acids is 1. The zero-order chi connectivity index (χ0) is 20.4. The highest BCUT2D eigenvalue weighted by molar-refractivity contribution is 7.80. The fraction of sp³-hybridized carbons (Fsp3) is 0.273. The number of anilines is 1. The van der Waals surface area contributed by atoms with Crippen LogP contribution in [0.5, 0.6) is 5.75 Å². The van der Waals surface area contributed by atoms with E-state index in [2.05, 4.69) is 48.9 Å². The number of hydrogen-bond donors (Lipinski definition) is 3. The van der Waals surface area contributed by atoms with Crippen LogP contribution in [0.1, 0.15) is 35.2 Å². The lowest BCUT2D eigenvalue weighted by Crippen LogP contribution is -2.46. The van der Waals surface area contributed by atoms with E-state index < -0.39 is 0 Å². The van der Waals surface area contributed by atoms with Crippen molar-refractivity contribution in [3.63, 3.8) is 0 Å². The molecule has 1 amide bonds. The predicted octanol–water partition coefficient (Wildman–Crippen LogP) is 4.05. The third-order valence-corrected chi connectivity index (χ3v) is 5.28. The SMILES string of the molecule is COc1ccccc1NC(=O)C1=C(C)NC(=S)N[C@@H]1c1cc(C)c(C)cc1C. The molecule has 1 heterocycles. The first-order valence-electron chi connectivity index (χ1n) is 9.12. The van der Waals surface area contributed by atoms with Crippen molar-refractivity contribution in [3.8, 4) is 5.75 Å². The third-order valence-electron chi connectivity index (χ3n) is 5.06. The van der Waals surface area contributed by atoms with Crippen molar-refractivity contribution in [3.05, 3.63) is 69.9 Å². The van der Waals surface area contributed by atoms with Crippen LogP contribution in [-0.4, -0.2) is 18.1 Å². The number of ether oxygens (including phenoxy) is 1. The lowest BCUT2D eigenvalue weighted by atomic mass is 9.89. The van der Waals surface area contributed by atoms with Crippen LogP contribution in [0, 0.1) is 20.8 Å². The number of allylic oxidation sites excluding steroid dienone is 1. The van der Waals surface area contributed by atoms with Crippen molar-refractivity contribution in [2.75, 3.05) is 12.4 Å². The lowest BCUT2D eigenvalue weighted by molar-refractivity contribution is -0.113. The van der Waals surface area contributed by atoms with Gasteiger partial charge in [0.1, 0.15) is 5.75 Å². The average Bonchev–Trinajstić information content (AvgIpc) is 2.64. The normalized spacial score (nSPS) is 16.3. The molecule has 1 aliphatic rings. The minimum atomic E-state index is -0.331. The molecule has 3 N–H and O–H groups in total. The van der Waals surface area contributed by atoms with Gasteiger partial charge in [0.2, 0.25) is 0 Å². The minimum absolute atomic E-state index is 0.202. The molecule has 0 bridgehead atoms. The molecule has 0 unspecified atom stereocenters. The van der Waals surface area contributed by atoms with Gasteiger partial charge in [-0.1, -0.05) is 24.3 Å². The molecular weight excluding hydrogens is 370 g/mol. The van der Waals surface area contributed by atoms with Crippen molar-refractivity contribution in [1.29, 1.82) is 0 Å². The molecule has 0 saturated heterocycles. The summed E-state index contributed by atoms with van der Waals surface area (Å²) in [6, 6.07) is 11.3. The first-order chi connectivity index (χ1) is 13.3. The van der Waals surface area contributed by atoms with Gasteiger partial charge in [-0.25, -0.2) is 0 Å². The summed E-state index contributed by atoms with van der Waals surface area (Å²) in [6.45, 7) is 8.08. The molecule has 5 nitrogen and oxygen atoms in total. The predicted molar refractivity (Wildman–Crippen MR) is 117 cm³/mol. The molecule has 6 heteroatoms. The van der Waals surface area contributed by atoms with Crippen molar-refractivity contribution < 1.29 is 9.53 Å².